The molecule has 102 valence electrons. The van der Waals surface area contributed by atoms with Crippen molar-refractivity contribution in [2.75, 3.05) is 10.6 Å². The summed E-state index contributed by atoms with van der Waals surface area (Å²) in [6, 6.07) is 9.39. The maximum atomic E-state index is 10.7. The molecule has 0 amide bonds. The van der Waals surface area contributed by atoms with E-state index in [1.165, 1.54) is 18.3 Å². The molecule has 20 heavy (non-hydrogen) atoms. The second kappa shape index (κ2) is 6.27. The Morgan fingerprint density at radius 3 is 2.75 bits per heavy atom. The normalized spacial score (nSPS) is 9.85. The van der Waals surface area contributed by atoms with Gasteiger partial charge in [-0.3, -0.25) is 10.1 Å². The second-order valence-electron chi connectivity index (χ2n) is 3.75. The topological polar surface area (TPSA) is 80.1 Å². The molecule has 1 aromatic carbocycles. The smallest absolute Gasteiger partial charge is 0.271 e. The molecule has 0 aliphatic carbocycles. The molecule has 0 bridgehead atoms. The minimum atomic E-state index is -0.470. The second-order valence-corrected chi connectivity index (χ2v) is 4.59. The number of nitro benzene ring substituents is 1. The largest absolute Gasteiger partial charge is 0.332 e. The fraction of sp³-hybridized carbons (Fsp3) is 0. The van der Waals surface area contributed by atoms with Gasteiger partial charge in [0.1, 0.15) is 5.82 Å². The number of halogens is 1. The third-order valence-corrected chi connectivity index (χ3v) is 2.71. The van der Waals surface area contributed by atoms with Gasteiger partial charge in [-0.25, -0.2) is 4.98 Å². The SMILES string of the molecule is O=[N+]([O-])c1cccc(NC(=S)Nc2ccc(Cl)cn2)c1. The van der Waals surface area contributed by atoms with Crippen LogP contribution in [0, 0.1) is 10.1 Å². The van der Waals surface area contributed by atoms with Crippen LogP contribution in [-0.2, 0) is 0 Å². The van der Waals surface area contributed by atoms with Crippen molar-refractivity contribution in [3.8, 4) is 0 Å². The molecular formula is C12H9ClN4O2S. The molecule has 2 rings (SSSR count). The Kier molecular flexibility index (Phi) is 4.44. The van der Waals surface area contributed by atoms with Crippen LogP contribution in [0.1, 0.15) is 0 Å². The predicted molar refractivity (Wildman–Crippen MR) is 82.2 cm³/mol. The van der Waals surface area contributed by atoms with Gasteiger partial charge < -0.3 is 10.6 Å². The van der Waals surface area contributed by atoms with Gasteiger partial charge in [-0.15, -0.1) is 0 Å². The van der Waals surface area contributed by atoms with E-state index in [1.54, 1.807) is 24.3 Å². The minimum Gasteiger partial charge on any atom is -0.332 e. The van der Waals surface area contributed by atoms with E-state index < -0.39 is 4.92 Å². The highest BCUT2D eigenvalue weighted by atomic mass is 35.5. The first kappa shape index (κ1) is 14.2. The zero-order valence-corrected chi connectivity index (χ0v) is 11.6. The number of rotatable bonds is 3. The van der Waals surface area contributed by atoms with Crippen molar-refractivity contribution in [3.05, 3.63) is 57.7 Å². The summed E-state index contributed by atoms with van der Waals surface area (Å²) in [4.78, 5) is 14.2. The molecule has 2 aromatic rings. The number of nitrogens with one attached hydrogen (secondary N) is 2. The number of aromatic nitrogens is 1. The molecule has 0 saturated carbocycles. The molecule has 0 fully saturated rings. The summed E-state index contributed by atoms with van der Waals surface area (Å²) < 4.78 is 0. The quantitative estimate of drug-likeness (QED) is 0.513. The third kappa shape index (κ3) is 3.87. The fourth-order valence-electron chi connectivity index (χ4n) is 1.43. The molecule has 0 atom stereocenters. The van der Waals surface area contributed by atoms with Gasteiger partial charge in [0.05, 0.1) is 9.95 Å². The van der Waals surface area contributed by atoms with E-state index in [9.17, 15) is 10.1 Å². The average molecular weight is 309 g/mol. The summed E-state index contributed by atoms with van der Waals surface area (Å²) in [7, 11) is 0. The first-order valence-corrected chi connectivity index (χ1v) is 6.27. The number of hydrogen-bond acceptors (Lipinski definition) is 4. The zero-order chi connectivity index (χ0) is 14.5. The molecule has 0 saturated heterocycles. The van der Waals surface area contributed by atoms with Crippen molar-refractivity contribution in [2.45, 2.75) is 0 Å². The number of hydrogen-bond donors (Lipinski definition) is 2. The lowest BCUT2D eigenvalue weighted by molar-refractivity contribution is -0.384. The maximum Gasteiger partial charge on any atom is 0.271 e. The summed E-state index contributed by atoms with van der Waals surface area (Å²) >= 11 is 10.8. The number of thiocarbonyl (C=S) groups is 1. The highest BCUT2D eigenvalue weighted by Gasteiger charge is 2.06. The van der Waals surface area contributed by atoms with E-state index in [0.717, 1.165) is 0 Å². The monoisotopic (exact) mass is 308 g/mol. The summed E-state index contributed by atoms with van der Waals surface area (Å²) in [6.45, 7) is 0. The fourth-order valence-corrected chi connectivity index (χ4v) is 1.76. The van der Waals surface area contributed by atoms with Crippen LogP contribution in [0.15, 0.2) is 42.6 Å². The van der Waals surface area contributed by atoms with Gasteiger partial charge in [-0.1, -0.05) is 17.7 Å². The lowest BCUT2D eigenvalue weighted by atomic mass is 10.3. The number of anilines is 2. The molecule has 2 N–H and O–H groups in total. The molecule has 6 nitrogen and oxygen atoms in total. The van der Waals surface area contributed by atoms with Crippen molar-refractivity contribution in [3.63, 3.8) is 0 Å². The lowest BCUT2D eigenvalue weighted by Gasteiger charge is -2.09. The van der Waals surface area contributed by atoms with Gasteiger partial charge in [-0.05, 0) is 30.4 Å². The average Bonchev–Trinajstić information content (AvgIpc) is 2.41. The van der Waals surface area contributed by atoms with Crippen molar-refractivity contribution in [1.82, 2.24) is 4.98 Å². The summed E-state index contributed by atoms with van der Waals surface area (Å²) in [5.41, 5.74) is 0.507. The molecule has 1 heterocycles. The van der Waals surface area contributed by atoms with E-state index >= 15 is 0 Å². The number of pyridine rings is 1. The van der Waals surface area contributed by atoms with Crippen LogP contribution in [-0.4, -0.2) is 15.0 Å². The van der Waals surface area contributed by atoms with E-state index in [1.807, 2.05) is 0 Å². The Balaban J connectivity index is 2.02. The van der Waals surface area contributed by atoms with Gasteiger partial charge in [0.25, 0.3) is 5.69 Å². The van der Waals surface area contributed by atoms with Crippen LogP contribution >= 0.6 is 23.8 Å². The molecular weight excluding hydrogens is 300 g/mol. The van der Waals surface area contributed by atoms with Gasteiger partial charge in [0.15, 0.2) is 5.11 Å². The molecule has 0 unspecified atom stereocenters. The van der Waals surface area contributed by atoms with Crippen LogP contribution in [0.25, 0.3) is 0 Å². The Hall–Kier alpha value is -2.25. The highest BCUT2D eigenvalue weighted by Crippen LogP contribution is 2.17. The van der Waals surface area contributed by atoms with Crippen molar-refractivity contribution in [1.29, 1.82) is 0 Å². The standard InChI is InChI=1S/C12H9ClN4O2S/c13-8-4-5-11(14-7-8)16-12(20)15-9-2-1-3-10(6-9)17(18)19/h1-7H,(H2,14,15,16,20). The first-order valence-electron chi connectivity index (χ1n) is 5.48. The van der Waals surface area contributed by atoms with Crippen LogP contribution < -0.4 is 10.6 Å². The predicted octanol–water partition coefficient (Wildman–Crippen LogP) is 3.45. The number of nitro groups is 1. The zero-order valence-electron chi connectivity index (χ0n) is 10.0. The third-order valence-electron chi connectivity index (χ3n) is 2.28. The summed E-state index contributed by atoms with van der Waals surface area (Å²) in [5, 5.41) is 17.2. The van der Waals surface area contributed by atoms with Crippen LogP contribution in [0.2, 0.25) is 5.02 Å². The van der Waals surface area contributed by atoms with Crippen molar-refractivity contribution < 1.29 is 4.92 Å². The van der Waals surface area contributed by atoms with Gasteiger partial charge in [0.2, 0.25) is 0 Å². The Bertz CT molecular complexity index is 648. The molecule has 0 radical (unpaired) electrons. The van der Waals surface area contributed by atoms with E-state index in [-0.39, 0.29) is 10.8 Å². The van der Waals surface area contributed by atoms with Crippen LogP contribution in [0.4, 0.5) is 17.2 Å². The highest BCUT2D eigenvalue weighted by molar-refractivity contribution is 7.80. The van der Waals surface area contributed by atoms with Crippen molar-refractivity contribution >= 4 is 46.1 Å². The summed E-state index contributed by atoms with van der Waals surface area (Å²) in [5.74, 6) is 0.525. The van der Waals surface area contributed by atoms with Gasteiger partial charge in [-0.2, -0.15) is 0 Å². The molecule has 0 aliphatic heterocycles. The van der Waals surface area contributed by atoms with Gasteiger partial charge in [0, 0.05) is 24.0 Å². The number of non-ortho nitro benzene ring substituents is 1. The maximum absolute atomic E-state index is 10.7. The van der Waals surface area contributed by atoms with Crippen molar-refractivity contribution in [2.24, 2.45) is 0 Å². The molecule has 0 spiro atoms. The van der Waals surface area contributed by atoms with Crippen LogP contribution in [0.5, 0.6) is 0 Å². The molecule has 1 aromatic heterocycles. The molecule has 0 aliphatic rings. The lowest BCUT2D eigenvalue weighted by Crippen LogP contribution is -2.19. The Labute approximate surface area is 124 Å². The first-order chi connectivity index (χ1) is 9.54. The molecule has 8 heteroatoms. The van der Waals surface area contributed by atoms with E-state index in [2.05, 4.69) is 15.6 Å². The van der Waals surface area contributed by atoms with E-state index in [0.29, 0.717) is 16.5 Å². The number of nitrogens with zero attached hydrogens (tertiary/aromatic N) is 2. The summed E-state index contributed by atoms with van der Waals surface area (Å²) in [6.07, 6.45) is 1.49. The number of benzene rings is 1. The van der Waals surface area contributed by atoms with E-state index in [4.69, 9.17) is 23.8 Å². The van der Waals surface area contributed by atoms with Crippen LogP contribution in [0.3, 0.4) is 0 Å². The van der Waals surface area contributed by atoms with Gasteiger partial charge >= 0.3 is 0 Å². The Morgan fingerprint density at radius 2 is 2.10 bits per heavy atom. The Morgan fingerprint density at radius 1 is 1.30 bits per heavy atom. The minimum absolute atomic E-state index is 0.0117.